The Balaban J connectivity index is 0.000000366. The number of halogens is 7. The molecule has 1 saturated heterocycles. The first kappa shape index (κ1) is 22.9. The van der Waals surface area contributed by atoms with Gasteiger partial charge in [0.15, 0.2) is 0 Å². The summed E-state index contributed by atoms with van der Waals surface area (Å²) in [5, 5.41) is 18.2. The molecular weight excluding hydrogens is 386 g/mol. The molecule has 1 aromatic heterocycles. The minimum atomic E-state index is -5.08. The number of nitrogens with zero attached hydrogens (tertiary/aromatic N) is 1. The predicted octanol–water partition coefficient (Wildman–Crippen LogP) is 2.69. The van der Waals surface area contributed by atoms with Crippen molar-refractivity contribution in [3.05, 3.63) is 29.0 Å². The first-order chi connectivity index (χ1) is 11.2. The van der Waals surface area contributed by atoms with E-state index in [1.807, 2.05) is 12.3 Å². The quantitative estimate of drug-likeness (QED) is 0.631. The largest absolute Gasteiger partial charge is 0.490 e. The van der Waals surface area contributed by atoms with Gasteiger partial charge in [0.2, 0.25) is 0 Å². The number of nitrogens with one attached hydrogen (secondary N) is 1. The highest BCUT2D eigenvalue weighted by molar-refractivity contribution is 6.30. The summed E-state index contributed by atoms with van der Waals surface area (Å²) < 4.78 is 63.5. The van der Waals surface area contributed by atoms with E-state index in [0.29, 0.717) is 5.92 Å². The number of hydrogen-bond donors (Lipinski definition) is 3. The van der Waals surface area contributed by atoms with Gasteiger partial charge in [-0.1, -0.05) is 11.6 Å². The van der Waals surface area contributed by atoms with Crippen molar-refractivity contribution in [3.63, 3.8) is 0 Å². The third-order valence-corrected chi connectivity index (χ3v) is 2.67. The monoisotopic (exact) mass is 396 g/mol. The first-order valence-corrected chi connectivity index (χ1v) is 6.54. The Bertz CT molecular complexity index is 566. The van der Waals surface area contributed by atoms with Crippen molar-refractivity contribution in [2.75, 3.05) is 13.1 Å². The third kappa shape index (κ3) is 9.72. The Morgan fingerprint density at radius 1 is 1.04 bits per heavy atom. The van der Waals surface area contributed by atoms with Crippen LogP contribution in [0.15, 0.2) is 18.5 Å². The van der Waals surface area contributed by atoms with Gasteiger partial charge in [-0.05, 0) is 11.6 Å². The Morgan fingerprint density at radius 3 is 1.68 bits per heavy atom. The van der Waals surface area contributed by atoms with Crippen LogP contribution in [0.25, 0.3) is 0 Å². The lowest BCUT2D eigenvalue weighted by Gasteiger charge is -2.27. The van der Waals surface area contributed by atoms with Crippen LogP contribution < -0.4 is 5.32 Å². The van der Waals surface area contributed by atoms with E-state index in [2.05, 4.69) is 10.3 Å². The van der Waals surface area contributed by atoms with Crippen LogP contribution in [0, 0.1) is 0 Å². The number of carboxylic acids is 2. The summed E-state index contributed by atoms with van der Waals surface area (Å²) in [6, 6.07) is 1.99. The topological polar surface area (TPSA) is 99.5 Å². The zero-order valence-corrected chi connectivity index (χ0v) is 12.8. The van der Waals surface area contributed by atoms with Crippen molar-refractivity contribution in [2.45, 2.75) is 18.3 Å². The second-order valence-corrected chi connectivity index (χ2v) is 4.83. The van der Waals surface area contributed by atoms with Crippen LogP contribution in [-0.4, -0.2) is 52.6 Å². The molecule has 0 spiro atoms. The molecule has 0 radical (unpaired) electrons. The van der Waals surface area contributed by atoms with Crippen molar-refractivity contribution in [3.8, 4) is 0 Å². The number of carboxylic acid groups (broad SMARTS) is 2. The molecule has 0 amide bonds. The maximum Gasteiger partial charge on any atom is 0.490 e. The van der Waals surface area contributed by atoms with Crippen molar-refractivity contribution in [2.24, 2.45) is 0 Å². The molecule has 6 nitrogen and oxygen atoms in total. The molecule has 1 aromatic rings. The van der Waals surface area contributed by atoms with Gasteiger partial charge in [0, 0.05) is 31.4 Å². The highest BCUT2D eigenvalue weighted by Crippen LogP contribution is 2.21. The standard InChI is InChI=1S/C8H9ClN2.2C2HF3O2/c9-8-1-6(2-11-5-8)7-3-10-4-7;2*3-2(4,5)1(6)7/h1-2,5,7,10H,3-4H2;2*(H,6,7). The molecule has 142 valence electrons. The fourth-order valence-electron chi connectivity index (χ4n) is 1.18. The summed E-state index contributed by atoms with van der Waals surface area (Å²) in [6.45, 7) is 2.12. The fourth-order valence-corrected chi connectivity index (χ4v) is 1.36. The summed E-state index contributed by atoms with van der Waals surface area (Å²) in [6.07, 6.45) is -6.62. The number of alkyl halides is 6. The summed E-state index contributed by atoms with van der Waals surface area (Å²) in [5.41, 5.74) is 1.25. The highest BCUT2D eigenvalue weighted by atomic mass is 35.5. The average Bonchev–Trinajstić information content (AvgIpc) is 2.35. The van der Waals surface area contributed by atoms with E-state index in [0.717, 1.165) is 18.1 Å². The molecule has 2 heterocycles. The van der Waals surface area contributed by atoms with Crippen LogP contribution in [0.2, 0.25) is 5.02 Å². The van der Waals surface area contributed by atoms with Gasteiger partial charge in [-0.25, -0.2) is 9.59 Å². The van der Waals surface area contributed by atoms with Gasteiger partial charge in [0.1, 0.15) is 0 Å². The SMILES string of the molecule is Clc1cncc(C2CNC2)c1.O=C(O)C(F)(F)F.O=C(O)C(F)(F)F. The van der Waals surface area contributed by atoms with Gasteiger partial charge in [0.25, 0.3) is 0 Å². The minimum Gasteiger partial charge on any atom is -0.475 e. The molecular formula is C12H11ClF6N2O4. The maximum atomic E-state index is 10.6. The number of aliphatic carboxylic acids is 2. The second kappa shape index (κ2) is 9.42. The van der Waals surface area contributed by atoms with Crippen LogP contribution in [-0.2, 0) is 9.59 Å². The van der Waals surface area contributed by atoms with Crippen LogP contribution in [0.5, 0.6) is 0 Å². The Kier molecular flexibility index (Phi) is 8.63. The molecule has 0 aromatic carbocycles. The van der Waals surface area contributed by atoms with E-state index in [1.165, 1.54) is 5.56 Å². The summed E-state index contributed by atoms with van der Waals surface area (Å²) in [7, 11) is 0. The summed E-state index contributed by atoms with van der Waals surface area (Å²) >= 11 is 5.79. The fraction of sp³-hybridized carbons (Fsp3) is 0.417. The van der Waals surface area contributed by atoms with Gasteiger partial charge in [-0.15, -0.1) is 0 Å². The van der Waals surface area contributed by atoms with E-state index >= 15 is 0 Å². The molecule has 13 heteroatoms. The van der Waals surface area contributed by atoms with Crippen LogP contribution >= 0.6 is 11.6 Å². The Labute approximate surface area is 141 Å². The number of carbonyl (C=O) groups is 2. The minimum absolute atomic E-state index is 0.626. The van der Waals surface area contributed by atoms with Gasteiger partial charge >= 0.3 is 24.3 Å². The summed E-state index contributed by atoms with van der Waals surface area (Å²) in [5.74, 6) is -4.89. The van der Waals surface area contributed by atoms with Crippen LogP contribution in [0.3, 0.4) is 0 Å². The summed E-state index contributed by atoms with van der Waals surface area (Å²) in [4.78, 5) is 21.8. The maximum absolute atomic E-state index is 10.6. The molecule has 25 heavy (non-hydrogen) atoms. The molecule has 1 aliphatic rings. The van der Waals surface area contributed by atoms with Crippen LogP contribution in [0.1, 0.15) is 11.5 Å². The molecule has 2 rings (SSSR count). The second-order valence-electron chi connectivity index (χ2n) is 4.40. The lowest BCUT2D eigenvalue weighted by Crippen LogP contribution is -2.39. The number of aromatic nitrogens is 1. The average molecular weight is 397 g/mol. The van der Waals surface area contributed by atoms with Gasteiger partial charge < -0.3 is 15.5 Å². The number of pyridine rings is 1. The molecule has 0 aliphatic carbocycles. The van der Waals surface area contributed by atoms with Crippen molar-refractivity contribution in [1.29, 1.82) is 0 Å². The number of rotatable bonds is 1. The van der Waals surface area contributed by atoms with Gasteiger partial charge in [-0.3, -0.25) is 4.98 Å². The van der Waals surface area contributed by atoms with E-state index in [-0.39, 0.29) is 0 Å². The van der Waals surface area contributed by atoms with Gasteiger partial charge in [0.05, 0.1) is 5.02 Å². The Morgan fingerprint density at radius 2 is 1.44 bits per heavy atom. The number of hydrogen-bond acceptors (Lipinski definition) is 4. The van der Waals surface area contributed by atoms with Crippen molar-refractivity contribution >= 4 is 23.5 Å². The Hall–Kier alpha value is -2.08. The lowest BCUT2D eigenvalue weighted by atomic mass is 9.95. The molecule has 0 unspecified atom stereocenters. The van der Waals surface area contributed by atoms with E-state index in [9.17, 15) is 26.3 Å². The van der Waals surface area contributed by atoms with Crippen LogP contribution in [0.4, 0.5) is 26.3 Å². The normalized spacial score (nSPS) is 14.2. The predicted molar refractivity (Wildman–Crippen MR) is 72.2 cm³/mol. The molecule has 1 aliphatic heterocycles. The molecule has 0 saturated carbocycles. The molecule has 0 atom stereocenters. The van der Waals surface area contributed by atoms with E-state index in [1.54, 1.807) is 6.20 Å². The zero-order valence-electron chi connectivity index (χ0n) is 12.0. The lowest BCUT2D eigenvalue weighted by molar-refractivity contribution is -0.193. The van der Waals surface area contributed by atoms with Gasteiger partial charge in [-0.2, -0.15) is 26.3 Å². The molecule has 1 fully saturated rings. The first-order valence-electron chi connectivity index (χ1n) is 6.16. The third-order valence-electron chi connectivity index (χ3n) is 2.46. The highest BCUT2D eigenvalue weighted by Gasteiger charge is 2.38. The smallest absolute Gasteiger partial charge is 0.475 e. The van der Waals surface area contributed by atoms with Crippen molar-refractivity contribution in [1.82, 2.24) is 10.3 Å². The van der Waals surface area contributed by atoms with E-state index in [4.69, 9.17) is 31.4 Å². The molecule has 3 N–H and O–H groups in total. The molecule has 0 bridgehead atoms. The zero-order chi connectivity index (χ0) is 19.8. The van der Waals surface area contributed by atoms with E-state index < -0.39 is 24.3 Å². The van der Waals surface area contributed by atoms with Crippen molar-refractivity contribution < 1.29 is 46.1 Å².